The third-order valence-electron chi connectivity index (χ3n) is 9.07. The predicted molar refractivity (Wildman–Crippen MR) is 177 cm³/mol. The van der Waals surface area contributed by atoms with Crippen LogP contribution in [0.4, 0.5) is 11.4 Å². The molecule has 1 fully saturated rings. The minimum Gasteiger partial charge on any atom is -0.369 e. The maximum atomic E-state index is 13.8. The van der Waals surface area contributed by atoms with Crippen LogP contribution in [0, 0.1) is 5.92 Å². The largest absolute Gasteiger partial charge is 0.369 e. The van der Waals surface area contributed by atoms with E-state index in [0.29, 0.717) is 46.8 Å². The first kappa shape index (κ1) is 28.3. The van der Waals surface area contributed by atoms with E-state index in [1.807, 2.05) is 70.1 Å². The first-order chi connectivity index (χ1) is 21.4. The molecule has 4 aromatic rings. The number of carbonyl (C=O) groups excluding carboxylic acids is 2. The lowest BCUT2D eigenvalue weighted by molar-refractivity contribution is 0.0772. The summed E-state index contributed by atoms with van der Waals surface area (Å²) < 4.78 is 2.62. The van der Waals surface area contributed by atoms with E-state index in [2.05, 4.69) is 50.4 Å². The highest BCUT2D eigenvalue weighted by molar-refractivity contribution is 9.10. The number of benzene rings is 3. The third kappa shape index (κ3) is 5.50. The lowest BCUT2D eigenvalue weighted by atomic mass is 9.83. The van der Waals surface area contributed by atoms with E-state index in [0.717, 1.165) is 37.3 Å². The summed E-state index contributed by atoms with van der Waals surface area (Å²) in [5.41, 5.74) is 6.13. The van der Waals surface area contributed by atoms with Gasteiger partial charge in [0.1, 0.15) is 0 Å². The molecule has 1 aromatic heterocycles. The molecule has 0 aliphatic carbocycles. The summed E-state index contributed by atoms with van der Waals surface area (Å²) in [6.07, 6.45) is 3.96. The van der Waals surface area contributed by atoms with Gasteiger partial charge in [0.05, 0.1) is 16.9 Å². The maximum absolute atomic E-state index is 13.8. The molecule has 2 atom stereocenters. The van der Waals surface area contributed by atoms with E-state index < -0.39 is 0 Å². The molecular weight excluding hydrogens is 616 g/mol. The molecule has 7 nitrogen and oxygen atoms in total. The Labute approximate surface area is 264 Å². The van der Waals surface area contributed by atoms with Crippen molar-refractivity contribution in [1.82, 2.24) is 9.47 Å². The predicted octanol–water partition coefficient (Wildman–Crippen LogP) is 6.42. The molecule has 0 radical (unpaired) electrons. The fourth-order valence-electron chi connectivity index (χ4n) is 6.92. The Kier molecular flexibility index (Phi) is 7.68. The molecule has 44 heavy (non-hydrogen) atoms. The van der Waals surface area contributed by atoms with Gasteiger partial charge >= 0.3 is 0 Å². The van der Waals surface area contributed by atoms with Crippen LogP contribution in [-0.2, 0) is 6.54 Å². The highest BCUT2D eigenvalue weighted by Crippen LogP contribution is 2.40. The van der Waals surface area contributed by atoms with E-state index in [-0.39, 0.29) is 23.3 Å². The number of nitrogens with one attached hydrogen (secondary N) is 1. The van der Waals surface area contributed by atoms with Crippen molar-refractivity contribution >= 4 is 44.7 Å². The van der Waals surface area contributed by atoms with E-state index in [4.69, 9.17) is 0 Å². The number of hydrogen-bond acceptors (Lipinski definition) is 4. The van der Waals surface area contributed by atoms with Crippen LogP contribution in [-0.4, -0.2) is 47.5 Å². The highest BCUT2D eigenvalue weighted by Gasteiger charge is 2.35. The molecule has 0 spiro atoms. The zero-order valence-corrected chi connectivity index (χ0v) is 25.9. The van der Waals surface area contributed by atoms with Crippen LogP contribution in [0.25, 0.3) is 5.57 Å². The minimum absolute atomic E-state index is 0.0540. The normalized spacial score (nSPS) is 19.2. The van der Waals surface area contributed by atoms with Crippen LogP contribution >= 0.6 is 15.9 Å². The summed E-state index contributed by atoms with van der Waals surface area (Å²) in [5.74, 6) is 0.225. The van der Waals surface area contributed by atoms with Gasteiger partial charge in [-0.1, -0.05) is 54.6 Å². The Morgan fingerprint density at radius 1 is 0.864 bits per heavy atom. The van der Waals surface area contributed by atoms with Gasteiger partial charge in [0.25, 0.3) is 17.4 Å². The van der Waals surface area contributed by atoms with Crippen LogP contribution in [0.1, 0.15) is 50.7 Å². The van der Waals surface area contributed by atoms with Gasteiger partial charge in [-0.05, 0) is 82.2 Å². The summed E-state index contributed by atoms with van der Waals surface area (Å²) in [7, 11) is 0. The van der Waals surface area contributed by atoms with E-state index in [1.54, 1.807) is 12.1 Å². The molecular formula is C36H33BrN4O3. The molecule has 3 aliphatic rings. The van der Waals surface area contributed by atoms with Gasteiger partial charge in [0, 0.05) is 60.4 Å². The Hall–Kier alpha value is -4.43. The fraction of sp³-hybridized carbons (Fsp3) is 0.250. The molecule has 3 aliphatic heterocycles. The van der Waals surface area contributed by atoms with E-state index in [9.17, 15) is 14.4 Å². The quantitative estimate of drug-likeness (QED) is 0.271. The van der Waals surface area contributed by atoms with Crippen LogP contribution in [0.15, 0.2) is 106 Å². The molecule has 4 heterocycles. The van der Waals surface area contributed by atoms with Crippen LogP contribution in [0.5, 0.6) is 0 Å². The van der Waals surface area contributed by atoms with Crippen molar-refractivity contribution in [3.8, 4) is 0 Å². The van der Waals surface area contributed by atoms with E-state index >= 15 is 0 Å². The van der Waals surface area contributed by atoms with Crippen molar-refractivity contribution in [2.75, 3.05) is 36.4 Å². The number of amides is 2. The summed E-state index contributed by atoms with van der Waals surface area (Å²) in [6, 6.07) is 28.8. The molecule has 8 heteroatoms. The molecule has 0 saturated carbocycles. The van der Waals surface area contributed by atoms with Gasteiger partial charge < -0.3 is 19.7 Å². The SMILES string of the molecule is O=C(Nc1cc(C(=O)N2CC=C(c3ccccc3)CC2)ccc1N1C[C@H]2C[C@@H](C1)c1cccc(=O)n1C2)c1ccccc1Br. The fourth-order valence-corrected chi connectivity index (χ4v) is 7.39. The smallest absolute Gasteiger partial charge is 0.256 e. The second kappa shape index (κ2) is 11.9. The lowest BCUT2D eigenvalue weighted by Crippen LogP contribution is -2.47. The molecule has 7 rings (SSSR count). The van der Waals surface area contributed by atoms with Crippen LogP contribution in [0.2, 0.25) is 0 Å². The minimum atomic E-state index is -0.245. The lowest BCUT2D eigenvalue weighted by Gasteiger charge is -2.44. The number of carbonyl (C=O) groups is 2. The second-order valence-corrected chi connectivity index (χ2v) is 12.7. The molecule has 0 unspecified atom stereocenters. The molecule has 2 amide bonds. The Bertz CT molecular complexity index is 1830. The number of nitrogens with zero attached hydrogens (tertiary/aromatic N) is 3. The molecule has 2 bridgehead atoms. The van der Waals surface area contributed by atoms with Gasteiger partial charge in [-0.15, -0.1) is 0 Å². The number of anilines is 2. The van der Waals surface area contributed by atoms with Crippen molar-refractivity contribution in [2.24, 2.45) is 5.92 Å². The average Bonchev–Trinajstić information content (AvgIpc) is 3.05. The third-order valence-corrected chi connectivity index (χ3v) is 9.76. The monoisotopic (exact) mass is 648 g/mol. The molecule has 222 valence electrons. The number of halogens is 1. The van der Waals surface area contributed by atoms with Crippen molar-refractivity contribution in [2.45, 2.75) is 25.3 Å². The zero-order chi connectivity index (χ0) is 30.2. The number of rotatable bonds is 5. The summed E-state index contributed by atoms with van der Waals surface area (Å²) in [6.45, 7) is 3.35. The number of hydrogen-bond donors (Lipinski definition) is 1. The summed E-state index contributed by atoms with van der Waals surface area (Å²) in [5, 5.41) is 3.14. The molecule has 1 saturated heterocycles. The standard InChI is InChI=1S/C36H33BrN4O3/c37-30-10-5-4-9-29(30)35(43)38-31-20-27(36(44)39-17-15-26(16-18-39)25-7-2-1-3-8-25)13-14-33(31)40-21-24-19-28(23-40)32-11-6-12-34(42)41(32)22-24/h1-15,20,24,28H,16-19,21-23H2,(H,38,43)/t24-,28+/m1/s1. The number of fused-ring (bicyclic) bond motifs is 4. The van der Waals surface area contributed by atoms with Crippen LogP contribution in [0.3, 0.4) is 0 Å². The first-order valence-corrected chi connectivity index (χ1v) is 15.9. The van der Waals surface area contributed by atoms with Crippen molar-refractivity contribution in [3.05, 3.63) is 134 Å². The molecule has 3 aromatic carbocycles. The van der Waals surface area contributed by atoms with Crippen molar-refractivity contribution in [3.63, 3.8) is 0 Å². The van der Waals surface area contributed by atoms with Crippen molar-refractivity contribution < 1.29 is 9.59 Å². The van der Waals surface area contributed by atoms with Gasteiger partial charge in [0.15, 0.2) is 0 Å². The van der Waals surface area contributed by atoms with Gasteiger partial charge in [-0.25, -0.2) is 0 Å². The van der Waals surface area contributed by atoms with E-state index in [1.165, 1.54) is 11.1 Å². The topological polar surface area (TPSA) is 74.7 Å². The van der Waals surface area contributed by atoms with Gasteiger partial charge in [-0.3, -0.25) is 14.4 Å². The molecule has 1 N–H and O–H groups in total. The highest BCUT2D eigenvalue weighted by atomic mass is 79.9. The number of piperidine rings is 1. The van der Waals surface area contributed by atoms with Gasteiger partial charge in [-0.2, -0.15) is 0 Å². The zero-order valence-electron chi connectivity index (χ0n) is 24.3. The van der Waals surface area contributed by atoms with Crippen molar-refractivity contribution in [1.29, 1.82) is 0 Å². The number of pyridine rings is 1. The van der Waals surface area contributed by atoms with Gasteiger partial charge in [0.2, 0.25) is 0 Å². The number of aromatic nitrogens is 1. The van der Waals surface area contributed by atoms with Crippen LogP contribution < -0.4 is 15.8 Å². The first-order valence-electron chi connectivity index (χ1n) is 15.1. The second-order valence-electron chi connectivity index (χ2n) is 11.9. The maximum Gasteiger partial charge on any atom is 0.256 e. The Morgan fingerprint density at radius 3 is 2.48 bits per heavy atom. The summed E-state index contributed by atoms with van der Waals surface area (Å²) in [4.78, 5) is 44.0. The average molecular weight is 650 g/mol. The summed E-state index contributed by atoms with van der Waals surface area (Å²) >= 11 is 3.51. The Morgan fingerprint density at radius 2 is 1.68 bits per heavy atom. The Balaban J connectivity index is 1.19.